The van der Waals surface area contributed by atoms with E-state index in [2.05, 4.69) is 4.57 Å². The zero-order chi connectivity index (χ0) is 9.80. The summed E-state index contributed by atoms with van der Waals surface area (Å²) in [6.45, 7) is 0. The molecule has 14 heavy (non-hydrogen) atoms. The molecule has 0 amide bonds. The topological polar surface area (TPSA) is 20.9 Å². The Bertz CT molecular complexity index is 316. The average Bonchev–Trinajstić information content (AvgIpc) is 2.30. The van der Waals surface area contributed by atoms with Crippen LogP contribution in [-0.4, -0.2) is 6.29 Å². The molecule has 0 radical (unpaired) electrons. The van der Waals surface area contributed by atoms with Crippen LogP contribution in [0.3, 0.4) is 0 Å². The summed E-state index contributed by atoms with van der Waals surface area (Å²) in [4.78, 5) is 10.8. The van der Waals surface area contributed by atoms with Crippen molar-refractivity contribution < 1.29 is 9.36 Å². The number of rotatable bonds is 2. The second-order valence-electron chi connectivity index (χ2n) is 3.94. The van der Waals surface area contributed by atoms with E-state index in [-0.39, 0.29) is 0 Å². The highest BCUT2D eigenvalue weighted by atomic mass is 16.1. The van der Waals surface area contributed by atoms with Crippen LogP contribution in [0.1, 0.15) is 48.6 Å². The van der Waals surface area contributed by atoms with Crippen molar-refractivity contribution in [2.45, 2.75) is 38.1 Å². The van der Waals surface area contributed by atoms with Crippen molar-refractivity contribution in [1.82, 2.24) is 0 Å². The average molecular weight is 190 g/mol. The van der Waals surface area contributed by atoms with E-state index in [4.69, 9.17) is 0 Å². The van der Waals surface area contributed by atoms with E-state index in [1.165, 1.54) is 32.1 Å². The van der Waals surface area contributed by atoms with Crippen LogP contribution >= 0.6 is 0 Å². The molecule has 1 aliphatic rings. The second kappa shape index (κ2) is 4.36. The molecule has 1 aromatic heterocycles. The lowest BCUT2D eigenvalue weighted by Crippen LogP contribution is -2.43. The van der Waals surface area contributed by atoms with Crippen LogP contribution in [0.25, 0.3) is 0 Å². The fraction of sp³-hybridized carbons (Fsp3) is 0.500. The van der Waals surface area contributed by atoms with Gasteiger partial charge in [0.15, 0.2) is 12.2 Å². The number of carbonyl (C=O) groups excluding carboxylic acids is 1. The van der Waals surface area contributed by atoms with Gasteiger partial charge in [0, 0.05) is 25.0 Å². The molecule has 0 N–H and O–H groups in total. The zero-order valence-corrected chi connectivity index (χ0v) is 8.36. The zero-order valence-electron chi connectivity index (χ0n) is 8.36. The van der Waals surface area contributed by atoms with Gasteiger partial charge in [-0.25, -0.2) is 0 Å². The van der Waals surface area contributed by atoms with Crippen molar-refractivity contribution in [2.24, 2.45) is 0 Å². The Labute approximate surface area is 84.6 Å². The SMILES string of the molecule is O=Cc1cccc[n+]1C1CCCCC1. The highest BCUT2D eigenvalue weighted by Crippen LogP contribution is 2.23. The predicted octanol–water partition coefficient (Wildman–Crippen LogP) is 2.29. The number of hydrogen-bond donors (Lipinski definition) is 0. The molecular weight excluding hydrogens is 174 g/mol. The predicted molar refractivity (Wildman–Crippen MR) is 54.1 cm³/mol. The molecule has 1 fully saturated rings. The number of aldehydes is 1. The van der Waals surface area contributed by atoms with Crippen LogP contribution in [0.2, 0.25) is 0 Å². The highest BCUT2D eigenvalue weighted by Gasteiger charge is 2.23. The molecule has 74 valence electrons. The van der Waals surface area contributed by atoms with Gasteiger partial charge in [0.25, 0.3) is 0 Å². The van der Waals surface area contributed by atoms with Gasteiger partial charge < -0.3 is 0 Å². The summed E-state index contributed by atoms with van der Waals surface area (Å²) in [7, 11) is 0. The van der Waals surface area contributed by atoms with Crippen molar-refractivity contribution >= 4 is 6.29 Å². The summed E-state index contributed by atoms with van der Waals surface area (Å²) >= 11 is 0. The molecule has 1 aromatic rings. The molecule has 0 saturated heterocycles. The summed E-state index contributed by atoms with van der Waals surface area (Å²) in [5.41, 5.74) is 0.805. The van der Waals surface area contributed by atoms with Crippen molar-refractivity contribution in [3.63, 3.8) is 0 Å². The first-order valence-corrected chi connectivity index (χ1v) is 5.37. The van der Waals surface area contributed by atoms with E-state index in [9.17, 15) is 4.79 Å². The summed E-state index contributed by atoms with van der Waals surface area (Å²) in [5, 5.41) is 0. The number of nitrogens with zero attached hydrogens (tertiary/aromatic N) is 1. The standard InChI is InChI=1S/C12H16NO/c14-10-12-8-4-5-9-13(12)11-6-2-1-3-7-11/h4-5,8-11H,1-3,6-7H2/q+1. The van der Waals surface area contributed by atoms with Crippen molar-refractivity contribution in [2.75, 3.05) is 0 Å². The molecule has 2 nitrogen and oxygen atoms in total. The fourth-order valence-corrected chi connectivity index (χ4v) is 2.26. The molecule has 1 aliphatic carbocycles. The van der Waals surface area contributed by atoms with Crippen molar-refractivity contribution in [3.8, 4) is 0 Å². The molecule has 0 aliphatic heterocycles. The number of pyridine rings is 1. The number of carbonyl (C=O) groups is 1. The monoisotopic (exact) mass is 190 g/mol. The summed E-state index contributed by atoms with van der Waals surface area (Å²) in [5.74, 6) is 0. The van der Waals surface area contributed by atoms with Crippen LogP contribution < -0.4 is 4.57 Å². The minimum absolute atomic E-state index is 0.546. The number of hydrogen-bond acceptors (Lipinski definition) is 1. The summed E-state index contributed by atoms with van der Waals surface area (Å²) in [6, 6.07) is 6.36. The Morgan fingerprint density at radius 3 is 2.71 bits per heavy atom. The first-order chi connectivity index (χ1) is 6.92. The third-order valence-electron chi connectivity index (χ3n) is 3.01. The maximum atomic E-state index is 10.8. The molecule has 0 spiro atoms. The molecule has 0 unspecified atom stereocenters. The van der Waals surface area contributed by atoms with Gasteiger partial charge in [0.2, 0.25) is 12.0 Å². The fourth-order valence-electron chi connectivity index (χ4n) is 2.26. The largest absolute Gasteiger partial charge is 0.291 e. The molecule has 2 heteroatoms. The Balaban J connectivity index is 2.24. The van der Waals surface area contributed by atoms with E-state index in [1.54, 1.807) is 0 Å². The van der Waals surface area contributed by atoms with Crippen molar-refractivity contribution in [1.29, 1.82) is 0 Å². The molecule has 1 saturated carbocycles. The van der Waals surface area contributed by atoms with Crippen LogP contribution in [-0.2, 0) is 0 Å². The van der Waals surface area contributed by atoms with Crippen molar-refractivity contribution in [3.05, 3.63) is 30.1 Å². The maximum absolute atomic E-state index is 10.8. The summed E-state index contributed by atoms with van der Waals surface area (Å²) in [6.07, 6.45) is 9.36. The first-order valence-electron chi connectivity index (χ1n) is 5.37. The lowest BCUT2D eigenvalue weighted by Gasteiger charge is -2.17. The van der Waals surface area contributed by atoms with Crippen LogP contribution in [0, 0.1) is 0 Å². The Morgan fingerprint density at radius 2 is 2.00 bits per heavy atom. The van der Waals surface area contributed by atoms with Gasteiger partial charge in [0.05, 0.1) is 0 Å². The minimum atomic E-state index is 0.546. The quantitative estimate of drug-likeness (QED) is 0.517. The maximum Gasteiger partial charge on any atom is 0.245 e. The second-order valence-corrected chi connectivity index (χ2v) is 3.94. The van der Waals surface area contributed by atoms with E-state index < -0.39 is 0 Å². The Morgan fingerprint density at radius 1 is 1.21 bits per heavy atom. The molecule has 0 aromatic carbocycles. The van der Waals surface area contributed by atoms with Crippen LogP contribution in [0.5, 0.6) is 0 Å². The molecule has 1 heterocycles. The normalized spacial score (nSPS) is 18.0. The van der Waals surface area contributed by atoms with Gasteiger partial charge in [-0.2, -0.15) is 4.57 Å². The van der Waals surface area contributed by atoms with Crippen LogP contribution in [0.15, 0.2) is 24.4 Å². The van der Waals surface area contributed by atoms with Crippen LogP contribution in [0.4, 0.5) is 0 Å². The highest BCUT2D eigenvalue weighted by molar-refractivity contribution is 5.69. The third kappa shape index (κ3) is 1.84. The van der Waals surface area contributed by atoms with Gasteiger partial charge in [0.1, 0.15) is 0 Å². The van der Waals surface area contributed by atoms with E-state index >= 15 is 0 Å². The molecule has 0 atom stereocenters. The minimum Gasteiger partial charge on any atom is -0.291 e. The van der Waals surface area contributed by atoms with Gasteiger partial charge >= 0.3 is 0 Å². The van der Waals surface area contributed by atoms with Gasteiger partial charge in [-0.3, -0.25) is 4.79 Å². The van der Waals surface area contributed by atoms with Gasteiger partial charge in [-0.15, -0.1) is 0 Å². The molecule has 2 rings (SSSR count). The Hall–Kier alpha value is -1.18. The third-order valence-corrected chi connectivity index (χ3v) is 3.01. The first kappa shape index (κ1) is 9.38. The van der Waals surface area contributed by atoms with E-state index in [1.807, 2.05) is 24.4 Å². The smallest absolute Gasteiger partial charge is 0.245 e. The van der Waals surface area contributed by atoms with E-state index in [0.29, 0.717) is 6.04 Å². The Kier molecular flexibility index (Phi) is 2.92. The molecule has 0 bridgehead atoms. The van der Waals surface area contributed by atoms with E-state index in [0.717, 1.165) is 12.0 Å². The lowest BCUT2D eigenvalue weighted by atomic mass is 9.95. The molecular formula is C12H16NO+. The van der Waals surface area contributed by atoms with Gasteiger partial charge in [-0.1, -0.05) is 6.42 Å². The lowest BCUT2D eigenvalue weighted by molar-refractivity contribution is -0.726. The number of aromatic nitrogens is 1. The van der Waals surface area contributed by atoms with Gasteiger partial charge in [-0.05, 0) is 18.9 Å². The summed E-state index contributed by atoms with van der Waals surface area (Å²) < 4.78 is 2.13.